The third kappa shape index (κ3) is 20.0. The Morgan fingerprint density at radius 2 is 1.18 bits per heavy atom. The van der Waals surface area contributed by atoms with Crippen LogP contribution >= 0.6 is 0 Å². The zero-order valence-electron chi connectivity index (χ0n) is 22.7. The average Bonchev–Trinajstić information content (AvgIpc) is 2.73. The average molecular weight is 481 g/mol. The fourth-order valence-electron chi connectivity index (χ4n) is 4.36. The van der Waals surface area contributed by atoms with Crippen LogP contribution in [0.15, 0.2) is 24.3 Å². The van der Waals surface area contributed by atoms with Crippen LogP contribution in [0.2, 0.25) is 0 Å². The van der Waals surface area contributed by atoms with Crippen LogP contribution in [0.5, 0.6) is 0 Å². The van der Waals surface area contributed by atoms with E-state index >= 15 is 0 Å². The van der Waals surface area contributed by atoms with Crippen LogP contribution in [-0.2, 0) is 9.59 Å². The van der Waals surface area contributed by atoms with E-state index < -0.39 is 23.8 Å². The summed E-state index contributed by atoms with van der Waals surface area (Å²) in [7, 11) is 5.46. The van der Waals surface area contributed by atoms with E-state index in [9.17, 15) is 14.7 Å². The number of aliphatic hydroxyl groups is 1. The predicted octanol–water partition coefficient (Wildman–Crippen LogP) is 6.84. The van der Waals surface area contributed by atoms with E-state index in [4.69, 9.17) is 5.11 Å². The second kappa shape index (κ2) is 19.8. The molecule has 0 saturated heterocycles. The SMILES string of the molecule is CCCCCCCCCCCCCCCCCC=CC=CC(=O)C(O)(CC(=O)O)C[N+](C)(C)C. The molecule has 0 aromatic carbocycles. The molecule has 0 aromatic heterocycles. The molecule has 0 saturated carbocycles. The maximum atomic E-state index is 12.4. The van der Waals surface area contributed by atoms with Gasteiger partial charge in [0.25, 0.3) is 0 Å². The van der Waals surface area contributed by atoms with Gasteiger partial charge in [-0.1, -0.05) is 115 Å². The summed E-state index contributed by atoms with van der Waals surface area (Å²) in [4.78, 5) is 23.5. The summed E-state index contributed by atoms with van der Waals surface area (Å²) in [6, 6.07) is 0. The minimum absolute atomic E-state index is 0.0469. The largest absolute Gasteiger partial charge is 0.481 e. The number of quaternary nitrogens is 1. The van der Waals surface area contributed by atoms with Gasteiger partial charge in [0.05, 0.1) is 27.6 Å². The Bertz CT molecular complexity index is 591. The van der Waals surface area contributed by atoms with Crippen molar-refractivity contribution >= 4 is 11.8 Å². The standard InChI is InChI=1S/C29H53NO4/c1-5-6-7-8-9-10-11-12-13-14-15-16-17-18-19-20-21-22-23-24-27(31)29(34,25-28(32)33)26-30(2,3)4/h21-24,34H,5-20,25-26H2,1-4H3/p+1. The molecule has 0 aliphatic carbocycles. The van der Waals surface area contributed by atoms with Crippen molar-refractivity contribution in [3.8, 4) is 0 Å². The van der Waals surface area contributed by atoms with Crippen molar-refractivity contribution < 1.29 is 24.3 Å². The number of nitrogens with zero attached hydrogens (tertiary/aromatic N) is 1. The summed E-state index contributed by atoms with van der Waals surface area (Å²) >= 11 is 0. The third-order valence-electron chi connectivity index (χ3n) is 6.11. The van der Waals surface area contributed by atoms with Crippen LogP contribution in [-0.4, -0.2) is 59.7 Å². The van der Waals surface area contributed by atoms with Gasteiger partial charge < -0.3 is 14.7 Å². The number of aliphatic carboxylic acids is 1. The van der Waals surface area contributed by atoms with Crippen molar-refractivity contribution in [3.63, 3.8) is 0 Å². The number of carbonyl (C=O) groups excluding carboxylic acids is 1. The molecule has 0 radical (unpaired) electrons. The van der Waals surface area contributed by atoms with Crippen molar-refractivity contribution in [2.45, 2.75) is 122 Å². The van der Waals surface area contributed by atoms with Gasteiger partial charge in [0.15, 0.2) is 11.4 Å². The van der Waals surface area contributed by atoms with E-state index in [-0.39, 0.29) is 6.54 Å². The highest BCUT2D eigenvalue weighted by Crippen LogP contribution is 2.17. The van der Waals surface area contributed by atoms with Crippen LogP contribution in [0.4, 0.5) is 0 Å². The van der Waals surface area contributed by atoms with Crippen molar-refractivity contribution in [2.75, 3.05) is 27.7 Å². The molecule has 0 rings (SSSR count). The van der Waals surface area contributed by atoms with E-state index in [1.54, 1.807) is 6.08 Å². The van der Waals surface area contributed by atoms with Gasteiger partial charge >= 0.3 is 5.97 Å². The van der Waals surface area contributed by atoms with E-state index in [1.165, 1.54) is 96.0 Å². The minimum Gasteiger partial charge on any atom is -0.481 e. The Hall–Kier alpha value is -1.46. The summed E-state index contributed by atoms with van der Waals surface area (Å²) in [5, 5.41) is 19.7. The summed E-state index contributed by atoms with van der Waals surface area (Å²) in [5.41, 5.74) is -1.89. The second-order valence-corrected chi connectivity index (χ2v) is 10.9. The number of allylic oxidation sites excluding steroid dienone is 3. The molecule has 0 heterocycles. The molecule has 0 spiro atoms. The molecule has 0 amide bonds. The minimum atomic E-state index is -1.89. The number of carboxylic acids is 1. The first-order valence-corrected chi connectivity index (χ1v) is 13.7. The van der Waals surface area contributed by atoms with Gasteiger partial charge in [-0.2, -0.15) is 0 Å². The summed E-state index contributed by atoms with van der Waals surface area (Å²) in [6.07, 6.45) is 27.4. The highest BCUT2D eigenvalue weighted by molar-refractivity contribution is 5.99. The molecule has 0 fully saturated rings. The highest BCUT2D eigenvalue weighted by atomic mass is 16.4. The molecular formula is C29H54NO4+. The molecule has 0 aromatic rings. The predicted molar refractivity (Wildman–Crippen MR) is 143 cm³/mol. The van der Waals surface area contributed by atoms with Crippen molar-refractivity contribution in [3.05, 3.63) is 24.3 Å². The second-order valence-electron chi connectivity index (χ2n) is 10.9. The zero-order chi connectivity index (χ0) is 25.7. The first kappa shape index (κ1) is 32.5. The first-order chi connectivity index (χ1) is 16.1. The van der Waals surface area contributed by atoms with Crippen LogP contribution in [0.3, 0.4) is 0 Å². The Kier molecular flexibility index (Phi) is 19.0. The lowest BCUT2D eigenvalue weighted by atomic mass is 9.92. The molecule has 0 aliphatic heterocycles. The van der Waals surface area contributed by atoms with Crippen LogP contribution in [0, 0.1) is 0 Å². The van der Waals surface area contributed by atoms with Crippen LogP contribution in [0.25, 0.3) is 0 Å². The fraction of sp³-hybridized carbons (Fsp3) is 0.793. The lowest BCUT2D eigenvalue weighted by molar-refractivity contribution is -0.875. The van der Waals surface area contributed by atoms with E-state index in [0.29, 0.717) is 4.48 Å². The quantitative estimate of drug-likeness (QED) is 0.0726. The van der Waals surface area contributed by atoms with Crippen molar-refractivity contribution in [1.29, 1.82) is 0 Å². The number of carboxylic acid groups (broad SMARTS) is 1. The Morgan fingerprint density at radius 1 is 0.735 bits per heavy atom. The van der Waals surface area contributed by atoms with Gasteiger partial charge in [0, 0.05) is 0 Å². The van der Waals surface area contributed by atoms with E-state index in [1.807, 2.05) is 33.3 Å². The van der Waals surface area contributed by atoms with Crippen molar-refractivity contribution in [1.82, 2.24) is 0 Å². The Labute approximate surface area is 209 Å². The lowest BCUT2D eigenvalue weighted by Gasteiger charge is -2.33. The van der Waals surface area contributed by atoms with Gasteiger partial charge in [0.2, 0.25) is 0 Å². The molecule has 1 unspecified atom stereocenters. The van der Waals surface area contributed by atoms with E-state index in [0.717, 1.165) is 12.8 Å². The number of hydrogen-bond acceptors (Lipinski definition) is 3. The fourth-order valence-corrected chi connectivity index (χ4v) is 4.36. The topological polar surface area (TPSA) is 74.6 Å². The zero-order valence-corrected chi connectivity index (χ0v) is 22.7. The molecule has 198 valence electrons. The molecule has 5 heteroatoms. The maximum Gasteiger partial charge on any atom is 0.307 e. The lowest BCUT2D eigenvalue weighted by Crippen LogP contribution is -2.54. The first-order valence-electron chi connectivity index (χ1n) is 13.7. The van der Waals surface area contributed by atoms with Gasteiger partial charge in [-0.3, -0.25) is 9.59 Å². The van der Waals surface area contributed by atoms with Gasteiger partial charge in [-0.05, 0) is 18.9 Å². The normalized spacial score (nSPS) is 14.1. The maximum absolute atomic E-state index is 12.4. The smallest absolute Gasteiger partial charge is 0.307 e. The third-order valence-corrected chi connectivity index (χ3v) is 6.11. The van der Waals surface area contributed by atoms with E-state index in [2.05, 4.69) is 6.92 Å². The molecule has 0 bridgehead atoms. The number of hydrogen-bond donors (Lipinski definition) is 2. The summed E-state index contributed by atoms with van der Waals surface area (Å²) in [5.74, 6) is -1.74. The summed E-state index contributed by atoms with van der Waals surface area (Å²) < 4.78 is 0.304. The van der Waals surface area contributed by atoms with Gasteiger partial charge in [-0.15, -0.1) is 0 Å². The number of carbonyl (C=O) groups is 2. The monoisotopic (exact) mass is 480 g/mol. The molecule has 0 aliphatic rings. The summed E-state index contributed by atoms with van der Waals surface area (Å²) in [6.45, 7) is 2.32. The Balaban J connectivity index is 3.81. The van der Waals surface area contributed by atoms with Gasteiger partial charge in [0.1, 0.15) is 6.54 Å². The Morgan fingerprint density at radius 3 is 1.59 bits per heavy atom. The molecule has 1 atom stereocenters. The van der Waals surface area contributed by atoms with Crippen LogP contribution in [0.1, 0.15) is 116 Å². The van der Waals surface area contributed by atoms with Crippen molar-refractivity contribution in [2.24, 2.45) is 0 Å². The molecular weight excluding hydrogens is 426 g/mol. The molecule has 2 N–H and O–H groups in total. The highest BCUT2D eigenvalue weighted by Gasteiger charge is 2.41. The van der Waals surface area contributed by atoms with Gasteiger partial charge in [-0.25, -0.2) is 0 Å². The molecule has 5 nitrogen and oxygen atoms in total. The number of rotatable bonds is 23. The van der Waals surface area contributed by atoms with Crippen LogP contribution < -0.4 is 0 Å². The number of unbranched alkanes of at least 4 members (excludes halogenated alkanes) is 15. The molecule has 34 heavy (non-hydrogen) atoms. The number of ketones is 1. The number of likely N-dealkylation sites (N-methyl/N-ethyl adjacent to an activating group) is 1.